The number of aliphatic hydroxyl groups excluding tert-OH is 1. The summed E-state index contributed by atoms with van der Waals surface area (Å²) in [5, 5.41) is 12.9. The molecule has 3 atom stereocenters. The maximum absolute atomic E-state index is 10.8. The first-order valence-electron chi connectivity index (χ1n) is 8.53. The van der Waals surface area contributed by atoms with Crippen LogP contribution in [0.2, 0.25) is 0 Å². The van der Waals surface area contributed by atoms with Gasteiger partial charge in [-0.3, -0.25) is 0 Å². The molecule has 0 aromatic carbocycles. The first kappa shape index (κ1) is 14.3. The van der Waals surface area contributed by atoms with Gasteiger partial charge in [-0.15, -0.1) is 11.3 Å². The Balaban J connectivity index is 1.61. The highest BCUT2D eigenvalue weighted by Gasteiger charge is 2.60. The highest BCUT2D eigenvalue weighted by atomic mass is 32.1. The van der Waals surface area contributed by atoms with E-state index >= 15 is 0 Å². The second kappa shape index (κ2) is 4.35. The van der Waals surface area contributed by atoms with Gasteiger partial charge in [0, 0.05) is 4.88 Å². The average molecular weight is 304 g/mol. The fraction of sp³-hybridized carbons (Fsp3) is 0.789. The van der Waals surface area contributed by atoms with Crippen molar-refractivity contribution < 1.29 is 5.11 Å². The van der Waals surface area contributed by atoms with Crippen molar-refractivity contribution in [3.05, 3.63) is 21.9 Å². The fourth-order valence-electron chi connectivity index (χ4n) is 7.14. The van der Waals surface area contributed by atoms with Crippen molar-refractivity contribution in [2.24, 2.45) is 22.2 Å². The van der Waals surface area contributed by atoms with Crippen molar-refractivity contribution >= 4 is 11.3 Å². The zero-order chi connectivity index (χ0) is 14.9. The molecule has 1 N–H and O–H groups in total. The van der Waals surface area contributed by atoms with Crippen LogP contribution >= 0.6 is 11.3 Å². The number of hydrogen-bond acceptors (Lipinski definition) is 2. The van der Waals surface area contributed by atoms with E-state index < -0.39 is 0 Å². The molecule has 4 aliphatic rings. The maximum atomic E-state index is 10.8. The lowest BCUT2D eigenvalue weighted by Crippen LogP contribution is -2.55. The van der Waals surface area contributed by atoms with Gasteiger partial charge in [0.25, 0.3) is 0 Å². The summed E-state index contributed by atoms with van der Waals surface area (Å²) in [5.41, 5.74) is 2.80. The normalized spacial score (nSPS) is 46.0. The van der Waals surface area contributed by atoms with Crippen molar-refractivity contribution in [3.8, 4) is 0 Å². The molecule has 3 unspecified atom stereocenters. The number of hydrogen-bond donors (Lipinski definition) is 1. The minimum absolute atomic E-state index is 0.242. The van der Waals surface area contributed by atoms with Gasteiger partial charge in [-0.05, 0) is 91.0 Å². The third-order valence-electron chi connectivity index (χ3n) is 6.57. The Labute approximate surface area is 132 Å². The summed E-state index contributed by atoms with van der Waals surface area (Å²) < 4.78 is 0. The van der Waals surface area contributed by atoms with Gasteiger partial charge in [0.05, 0.1) is 6.10 Å². The monoisotopic (exact) mass is 304 g/mol. The van der Waals surface area contributed by atoms with Gasteiger partial charge in [-0.25, -0.2) is 0 Å². The molecule has 1 aromatic heterocycles. The van der Waals surface area contributed by atoms with Crippen LogP contribution < -0.4 is 0 Å². The van der Waals surface area contributed by atoms with Crippen molar-refractivity contribution in [3.63, 3.8) is 0 Å². The third kappa shape index (κ3) is 2.30. The van der Waals surface area contributed by atoms with Crippen LogP contribution in [0.5, 0.6) is 0 Å². The molecule has 0 amide bonds. The number of rotatable bonds is 3. The maximum Gasteiger partial charge on any atom is 0.0889 e. The molecule has 0 saturated heterocycles. The minimum Gasteiger partial charge on any atom is -0.388 e. The summed E-state index contributed by atoms with van der Waals surface area (Å²) in [6, 6.07) is 2.14. The van der Waals surface area contributed by atoms with Gasteiger partial charge in [0.1, 0.15) is 0 Å². The van der Waals surface area contributed by atoms with Crippen molar-refractivity contribution in [1.29, 1.82) is 0 Å². The number of aryl methyl sites for hydroxylation is 1. The molecule has 0 spiro atoms. The SMILES string of the molecule is Cc1ccsc1C(O)CC12CC3CC(C)(CC(C)(C3)C1)C2. The average Bonchev–Trinajstić information content (AvgIpc) is 2.69. The summed E-state index contributed by atoms with van der Waals surface area (Å²) in [4.78, 5) is 1.21. The first-order valence-corrected chi connectivity index (χ1v) is 9.41. The third-order valence-corrected chi connectivity index (χ3v) is 7.69. The van der Waals surface area contributed by atoms with E-state index in [9.17, 15) is 5.11 Å². The van der Waals surface area contributed by atoms with Gasteiger partial charge in [-0.1, -0.05) is 13.8 Å². The largest absolute Gasteiger partial charge is 0.388 e. The topological polar surface area (TPSA) is 20.2 Å². The van der Waals surface area contributed by atoms with Crippen molar-refractivity contribution in [1.82, 2.24) is 0 Å². The molecular formula is C19H28OS. The van der Waals surface area contributed by atoms with E-state index in [2.05, 4.69) is 32.2 Å². The molecule has 4 fully saturated rings. The van der Waals surface area contributed by atoms with Crippen LogP contribution in [0.3, 0.4) is 0 Å². The van der Waals surface area contributed by atoms with Gasteiger partial charge in [0.15, 0.2) is 0 Å². The molecule has 2 heteroatoms. The number of thiophene rings is 1. The van der Waals surface area contributed by atoms with Crippen LogP contribution in [-0.2, 0) is 0 Å². The summed E-state index contributed by atoms with van der Waals surface area (Å²) in [6.45, 7) is 7.18. The molecular weight excluding hydrogens is 276 g/mol. The van der Waals surface area contributed by atoms with E-state index in [0.717, 1.165) is 12.3 Å². The predicted molar refractivity (Wildman–Crippen MR) is 88.5 cm³/mol. The van der Waals surface area contributed by atoms with Gasteiger partial charge in [-0.2, -0.15) is 0 Å². The molecule has 116 valence electrons. The lowest BCUT2D eigenvalue weighted by atomic mass is 9.39. The Bertz CT molecular complexity index is 542. The molecule has 4 bridgehead atoms. The fourth-order valence-corrected chi connectivity index (χ4v) is 8.05. The molecule has 0 aliphatic heterocycles. The second-order valence-electron chi connectivity index (χ2n) is 9.32. The summed E-state index contributed by atoms with van der Waals surface area (Å²) >= 11 is 1.73. The van der Waals surface area contributed by atoms with Gasteiger partial charge < -0.3 is 5.11 Å². The molecule has 5 rings (SSSR count). The highest BCUT2D eigenvalue weighted by Crippen LogP contribution is 2.71. The first-order chi connectivity index (χ1) is 9.81. The van der Waals surface area contributed by atoms with Crippen LogP contribution in [0.4, 0.5) is 0 Å². The Morgan fingerprint density at radius 1 is 1.19 bits per heavy atom. The molecule has 1 heterocycles. The molecule has 1 aromatic rings. The summed E-state index contributed by atoms with van der Waals surface area (Å²) in [7, 11) is 0. The van der Waals surface area contributed by atoms with E-state index in [1.807, 2.05) is 0 Å². The van der Waals surface area contributed by atoms with E-state index in [-0.39, 0.29) is 6.10 Å². The van der Waals surface area contributed by atoms with Crippen LogP contribution in [0.1, 0.15) is 75.3 Å². The molecule has 4 aliphatic carbocycles. The van der Waals surface area contributed by atoms with Crippen LogP contribution in [0.15, 0.2) is 11.4 Å². The molecule has 21 heavy (non-hydrogen) atoms. The minimum atomic E-state index is -0.242. The Morgan fingerprint density at radius 2 is 1.86 bits per heavy atom. The van der Waals surface area contributed by atoms with Crippen LogP contribution in [0.25, 0.3) is 0 Å². The van der Waals surface area contributed by atoms with Crippen molar-refractivity contribution in [2.75, 3.05) is 0 Å². The predicted octanol–water partition coefficient (Wildman–Crippen LogP) is 5.48. The molecule has 0 radical (unpaired) electrons. The van der Waals surface area contributed by atoms with E-state index in [4.69, 9.17) is 0 Å². The zero-order valence-electron chi connectivity index (χ0n) is 13.6. The van der Waals surface area contributed by atoms with E-state index in [1.165, 1.54) is 49.0 Å². The van der Waals surface area contributed by atoms with Crippen molar-refractivity contribution in [2.45, 2.75) is 71.8 Å². The molecule has 4 saturated carbocycles. The van der Waals surface area contributed by atoms with Crippen LogP contribution in [-0.4, -0.2) is 5.11 Å². The standard InChI is InChI=1S/C19H28OS/c1-13-4-5-21-16(13)15(20)9-19-8-14-6-17(2,11-19)10-18(3,7-14)12-19/h4-5,14-15,20H,6-12H2,1-3H3. The lowest BCUT2D eigenvalue weighted by molar-refractivity contribution is -0.156. The quantitative estimate of drug-likeness (QED) is 0.784. The summed E-state index contributed by atoms with van der Waals surface area (Å²) in [6.07, 6.45) is 9.15. The highest BCUT2D eigenvalue weighted by molar-refractivity contribution is 7.10. The van der Waals surface area contributed by atoms with Crippen LogP contribution in [0, 0.1) is 29.1 Å². The Hall–Kier alpha value is -0.340. The smallest absolute Gasteiger partial charge is 0.0889 e. The van der Waals surface area contributed by atoms with Gasteiger partial charge >= 0.3 is 0 Å². The Morgan fingerprint density at radius 3 is 2.38 bits per heavy atom. The second-order valence-corrected chi connectivity index (χ2v) is 10.3. The van der Waals surface area contributed by atoms with E-state index in [1.54, 1.807) is 11.3 Å². The lowest BCUT2D eigenvalue weighted by Gasteiger charge is -2.66. The zero-order valence-corrected chi connectivity index (χ0v) is 14.4. The van der Waals surface area contributed by atoms with E-state index in [0.29, 0.717) is 16.2 Å². The summed E-state index contributed by atoms with van der Waals surface area (Å²) in [5.74, 6) is 0.924. The van der Waals surface area contributed by atoms with Gasteiger partial charge in [0.2, 0.25) is 0 Å². The molecule has 1 nitrogen and oxygen atoms in total. The Kier molecular flexibility index (Phi) is 2.96. The number of aliphatic hydroxyl groups is 1.